The molecule has 0 bridgehead atoms. The number of nitrogens with one attached hydrogen (secondary N) is 3. The van der Waals surface area contributed by atoms with Crippen molar-refractivity contribution in [2.75, 3.05) is 31.3 Å². The van der Waals surface area contributed by atoms with Crippen LogP contribution in [0.1, 0.15) is 30.9 Å². The summed E-state index contributed by atoms with van der Waals surface area (Å²) < 4.78 is 5.40. The molecule has 0 spiro atoms. The zero-order valence-corrected chi connectivity index (χ0v) is 19.5. The van der Waals surface area contributed by atoms with Crippen molar-refractivity contribution in [3.63, 3.8) is 0 Å². The first kappa shape index (κ1) is 25.7. The Labute approximate surface area is 194 Å². The third kappa shape index (κ3) is 8.12. The number of carboxylic acids is 1. The molecule has 2 aromatic carbocycles. The summed E-state index contributed by atoms with van der Waals surface area (Å²) in [5, 5.41) is 17.3. The Morgan fingerprint density at radius 1 is 1.09 bits per heavy atom. The molecule has 0 fully saturated rings. The molecule has 0 aromatic heterocycles. The molecule has 9 heteroatoms. The molecule has 0 saturated heterocycles. The number of carbonyl (C=O) groups is 3. The second-order valence-electron chi connectivity index (χ2n) is 7.72. The molecular weight excluding hydrogens is 424 g/mol. The van der Waals surface area contributed by atoms with E-state index in [1.165, 1.54) is 7.11 Å². The van der Waals surface area contributed by atoms with Gasteiger partial charge < -0.3 is 25.8 Å². The molecule has 1 atom stereocenters. The number of hydrogen-bond donors (Lipinski definition) is 4. The van der Waals surface area contributed by atoms with Gasteiger partial charge in [-0.25, -0.2) is 4.79 Å². The molecule has 3 amide bonds. The summed E-state index contributed by atoms with van der Waals surface area (Å²) in [4.78, 5) is 37.5. The van der Waals surface area contributed by atoms with E-state index in [2.05, 4.69) is 16.0 Å². The molecule has 0 radical (unpaired) electrons. The SMILES string of the molecule is CCC(NC(=O)Cc1ccc(NC(=O)Nc2ccccc2C)c(OC)c1)N(C)CCC(=O)O. The summed E-state index contributed by atoms with van der Waals surface area (Å²) in [6.07, 6.45) is 0.510. The minimum Gasteiger partial charge on any atom is -0.495 e. The number of amides is 3. The highest BCUT2D eigenvalue weighted by molar-refractivity contribution is 6.01. The van der Waals surface area contributed by atoms with Crippen LogP contribution in [0.4, 0.5) is 16.2 Å². The van der Waals surface area contributed by atoms with Crippen LogP contribution in [0, 0.1) is 6.92 Å². The molecule has 0 saturated carbocycles. The van der Waals surface area contributed by atoms with Crippen molar-refractivity contribution >= 4 is 29.3 Å². The first-order valence-corrected chi connectivity index (χ1v) is 10.8. The summed E-state index contributed by atoms with van der Waals surface area (Å²) in [5.74, 6) is -0.633. The van der Waals surface area contributed by atoms with Crippen molar-refractivity contribution < 1.29 is 24.2 Å². The fourth-order valence-corrected chi connectivity index (χ4v) is 3.31. The third-order valence-electron chi connectivity index (χ3n) is 5.20. The lowest BCUT2D eigenvalue weighted by Gasteiger charge is -2.27. The van der Waals surface area contributed by atoms with E-state index in [0.717, 1.165) is 11.1 Å². The Morgan fingerprint density at radius 2 is 1.79 bits per heavy atom. The molecule has 2 rings (SSSR count). The first-order valence-electron chi connectivity index (χ1n) is 10.8. The lowest BCUT2D eigenvalue weighted by atomic mass is 10.1. The van der Waals surface area contributed by atoms with Gasteiger partial charge in [-0.15, -0.1) is 0 Å². The largest absolute Gasteiger partial charge is 0.495 e. The number of hydrogen-bond acceptors (Lipinski definition) is 5. The van der Waals surface area contributed by atoms with Crippen LogP contribution in [0.3, 0.4) is 0 Å². The van der Waals surface area contributed by atoms with Crippen molar-refractivity contribution in [1.82, 2.24) is 10.2 Å². The minimum absolute atomic E-state index is 0.00590. The second kappa shape index (κ2) is 12.4. The maximum Gasteiger partial charge on any atom is 0.323 e. The second-order valence-corrected chi connectivity index (χ2v) is 7.72. The fourth-order valence-electron chi connectivity index (χ4n) is 3.31. The van der Waals surface area contributed by atoms with Gasteiger partial charge in [-0.2, -0.15) is 0 Å². The highest BCUT2D eigenvalue weighted by atomic mass is 16.5. The Balaban J connectivity index is 1.99. The summed E-state index contributed by atoms with van der Waals surface area (Å²) >= 11 is 0. The lowest BCUT2D eigenvalue weighted by Crippen LogP contribution is -2.47. The van der Waals surface area contributed by atoms with Gasteiger partial charge in [0.25, 0.3) is 0 Å². The van der Waals surface area contributed by atoms with Crippen LogP contribution in [0.2, 0.25) is 0 Å². The quantitative estimate of drug-likeness (QED) is 0.385. The standard InChI is InChI=1S/C24H32N4O5/c1-5-21(28(3)13-12-23(30)31)27-22(29)15-17-10-11-19(20(14-17)33-4)26-24(32)25-18-9-7-6-8-16(18)2/h6-11,14,21H,5,12-13,15H2,1-4H3,(H,27,29)(H,30,31)(H2,25,26,32). The zero-order chi connectivity index (χ0) is 24.4. The van der Waals surface area contributed by atoms with Crippen LogP contribution in [0.5, 0.6) is 5.75 Å². The predicted octanol–water partition coefficient (Wildman–Crippen LogP) is 3.45. The van der Waals surface area contributed by atoms with E-state index in [1.807, 2.05) is 43.0 Å². The van der Waals surface area contributed by atoms with Crippen LogP contribution < -0.4 is 20.7 Å². The highest BCUT2D eigenvalue weighted by Gasteiger charge is 2.17. The summed E-state index contributed by atoms with van der Waals surface area (Å²) in [6, 6.07) is 12.2. The monoisotopic (exact) mass is 456 g/mol. The van der Waals surface area contributed by atoms with Crippen LogP contribution >= 0.6 is 0 Å². The van der Waals surface area contributed by atoms with Crippen LogP contribution in [-0.4, -0.2) is 54.8 Å². The molecule has 0 aliphatic heterocycles. The Morgan fingerprint density at radius 3 is 2.42 bits per heavy atom. The number of anilines is 2. The summed E-state index contributed by atoms with van der Waals surface area (Å²) in [5.41, 5.74) is 2.85. The number of para-hydroxylation sites is 1. The van der Waals surface area contributed by atoms with Gasteiger partial charge >= 0.3 is 12.0 Å². The molecular formula is C24H32N4O5. The normalized spacial score (nSPS) is 11.5. The van der Waals surface area contributed by atoms with Gasteiger partial charge in [0.2, 0.25) is 5.91 Å². The maximum atomic E-state index is 12.5. The van der Waals surface area contributed by atoms with Gasteiger partial charge in [-0.05, 0) is 49.7 Å². The number of carboxylic acid groups (broad SMARTS) is 1. The molecule has 2 aromatic rings. The number of rotatable bonds is 11. The highest BCUT2D eigenvalue weighted by Crippen LogP contribution is 2.26. The first-order chi connectivity index (χ1) is 15.7. The van der Waals surface area contributed by atoms with Crippen molar-refractivity contribution in [2.45, 2.75) is 39.3 Å². The van der Waals surface area contributed by atoms with E-state index in [0.29, 0.717) is 30.1 Å². The van der Waals surface area contributed by atoms with Gasteiger partial charge in [-0.1, -0.05) is 31.2 Å². The maximum absolute atomic E-state index is 12.5. The number of aliphatic carboxylic acids is 1. The molecule has 1 unspecified atom stereocenters. The van der Waals surface area contributed by atoms with Crippen molar-refractivity contribution in [3.05, 3.63) is 53.6 Å². The fraction of sp³-hybridized carbons (Fsp3) is 0.375. The molecule has 0 aliphatic carbocycles. The zero-order valence-electron chi connectivity index (χ0n) is 19.5. The number of urea groups is 1. The average Bonchev–Trinajstić information content (AvgIpc) is 2.78. The predicted molar refractivity (Wildman–Crippen MR) is 128 cm³/mol. The number of aryl methyl sites for hydroxylation is 1. The number of methoxy groups -OCH3 is 1. The Hall–Kier alpha value is -3.59. The Bertz CT molecular complexity index is 979. The number of benzene rings is 2. The molecule has 0 aliphatic rings. The molecule has 0 heterocycles. The van der Waals surface area contributed by atoms with E-state index in [1.54, 1.807) is 25.2 Å². The smallest absolute Gasteiger partial charge is 0.323 e. The van der Waals surface area contributed by atoms with Gasteiger partial charge in [0.05, 0.1) is 31.8 Å². The Kier molecular flexibility index (Phi) is 9.68. The molecule has 4 N–H and O–H groups in total. The molecule has 33 heavy (non-hydrogen) atoms. The third-order valence-corrected chi connectivity index (χ3v) is 5.20. The van der Waals surface area contributed by atoms with E-state index in [-0.39, 0.29) is 24.9 Å². The van der Waals surface area contributed by atoms with Gasteiger partial charge in [0.15, 0.2) is 0 Å². The van der Waals surface area contributed by atoms with Crippen LogP contribution in [0.15, 0.2) is 42.5 Å². The van der Waals surface area contributed by atoms with Crippen molar-refractivity contribution in [1.29, 1.82) is 0 Å². The number of carbonyl (C=O) groups excluding carboxylic acids is 2. The van der Waals surface area contributed by atoms with Gasteiger partial charge in [0, 0.05) is 12.2 Å². The van der Waals surface area contributed by atoms with Crippen LogP contribution in [-0.2, 0) is 16.0 Å². The lowest BCUT2D eigenvalue weighted by molar-refractivity contribution is -0.137. The van der Waals surface area contributed by atoms with E-state index < -0.39 is 12.0 Å². The summed E-state index contributed by atoms with van der Waals surface area (Å²) in [7, 11) is 3.27. The molecule has 178 valence electrons. The van der Waals surface area contributed by atoms with Crippen molar-refractivity contribution in [2.24, 2.45) is 0 Å². The minimum atomic E-state index is -0.878. The van der Waals surface area contributed by atoms with Crippen LogP contribution in [0.25, 0.3) is 0 Å². The van der Waals surface area contributed by atoms with Gasteiger partial charge in [-0.3, -0.25) is 14.5 Å². The van der Waals surface area contributed by atoms with Crippen molar-refractivity contribution in [3.8, 4) is 5.75 Å². The topological polar surface area (TPSA) is 120 Å². The van der Waals surface area contributed by atoms with E-state index >= 15 is 0 Å². The van der Waals surface area contributed by atoms with E-state index in [4.69, 9.17) is 9.84 Å². The number of nitrogens with zero attached hydrogens (tertiary/aromatic N) is 1. The summed E-state index contributed by atoms with van der Waals surface area (Å²) in [6.45, 7) is 4.17. The number of ether oxygens (including phenoxy) is 1. The average molecular weight is 457 g/mol. The van der Waals surface area contributed by atoms with E-state index in [9.17, 15) is 14.4 Å². The molecule has 9 nitrogen and oxygen atoms in total. The van der Waals surface area contributed by atoms with Gasteiger partial charge in [0.1, 0.15) is 5.75 Å².